The number of benzene rings is 2. The van der Waals surface area contributed by atoms with Crippen LogP contribution in [0.4, 0.5) is 0 Å². The van der Waals surface area contributed by atoms with Gasteiger partial charge in [-0.15, -0.1) is 0 Å². The van der Waals surface area contributed by atoms with Gasteiger partial charge in [-0.05, 0) is 35.4 Å². The van der Waals surface area contributed by atoms with E-state index in [2.05, 4.69) is 0 Å². The molecule has 1 radical (unpaired) electrons. The van der Waals surface area contributed by atoms with E-state index in [9.17, 15) is 9.90 Å². The first-order chi connectivity index (χ1) is 9.19. The predicted molar refractivity (Wildman–Crippen MR) is 68.6 cm³/mol. The number of hydrogen-bond acceptors (Lipinski definition) is 2. The monoisotopic (exact) mass is 257 g/mol. The van der Waals surface area contributed by atoms with Gasteiger partial charge in [-0.3, -0.25) is 0 Å². The van der Waals surface area contributed by atoms with Gasteiger partial charge in [0.2, 0.25) is 0 Å². The summed E-state index contributed by atoms with van der Waals surface area (Å²) in [6.45, 7) is -0.0187. The molecule has 97 valence electrons. The molecule has 0 unspecified atom stereocenters. The third-order valence-corrected chi connectivity index (χ3v) is 2.64. The summed E-state index contributed by atoms with van der Waals surface area (Å²) in [5.41, 5.74) is 1.67. The Balaban J connectivity index is 2.05. The average molecular weight is 257 g/mol. The number of aromatic carboxylic acids is 1. The van der Waals surface area contributed by atoms with Crippen molar-refractivity contribution in [2.45, 2.75) is 13.2 Å². The van der Waals surface area contributed by atoms with Gasteiger partial charge in [0.1, 0.15) is 19.0 Å². The van der Waals surface area contributed by atoms with Crippen molar-refractivity contribution in [3.05, 3.63) is 65.2 Å². The minimum Gasteiger partial charge on any atom is -0.489 e. The van der Waals surface area contributed by atoms with Crippen LogP contribution in [0.5, 0.6) is 5.75 Å². The molecule has 0 aromatic heterocycles. The highest BCUT2D eigenvalue weighted by molar-refractivity contribution is 5.87. The molecule has 4 heteroatoms. The fourth-order valence-electron chi connectivity index (χ4n) is 1.69. The first-order valence-corrected chi connectivity index (χ1v) is 5.81. The third kappa shape index (κ3) is 3.56. The van der Waals surface area contributed by atoms with Crippen molar-refractivity contribution in [2.75, 3.05) is 0 Å². The van der Waals surface area contributed by atoms with Gasteiger partial charge in [-0.1, -0.05) is 24.3 Å². The molecule has 4 nitrogen and oxygen atoms in total. The SMILES string of the molecule is [O]Cc1cccc(OCc2cccc(C(=O)O)c2)c1. The largest absolute Gasteiger partial charge is 0.489 e. The predicted octanol–water partition coefficient (Wildman–Crippen LogP) is 2.89. The fourth-order valence-corrected chi connectivity index (χ4v) is 1.69. The molecule has 19 heavy (non-hydrogen) atoms. The second kappa shape index (κ2) is 6.02. The first kappa shape index (κ1) is 13.1. The summed E-state index contributed by atoms with van der Waals surface area (Å²) in [5, 5.41) is 19.6. The van der Waals surface area contributed by atoms with Crippen LogP contribution in [-0.2, 0) is 18.3 Å². The molecule has 0 spiro atoms. The maximum atomic E-state index is 10.8. The molecule has 0 saturated heterocycles. The Kier molecular flexibility index (Phi) is 4.15. The Bertz CT molecular complexity index is 578. The second-order valence-corrected chi connectivity index (χ2v) is 4.09. The highest BCUT2D eigenvalue weighted by Gasteiger charge is 2.04. The molecule has 2 rings (SSSR count). The number of carboxylic acid groups (broad SMARTS) is 1. The molecule has 0 fully saturated rings. The maximum absolute atomic E-state index is 10.8. The smallest absolute Gasteiger partial charge is 0.335 e. The average Bonchev–Trinajstić information content (AvgIpc) is 2.45. The zero-order valence-corrected chi connectivity index (χ0v) is 10.2. The summed E-state index contributed by atoms with van der Waals surface area (Å²) >= 11 is 0. The van der Waals surface area contributed by atoms with Crippen LogP contribution in [-0.4, -0.2) is 11.1 Å². The molecule has 2 aromatic rings. The number of rotatable bonds is 5. The van der Waals surface area contributed by atoms with E-state index in [-0.39, 0.29) is 18.8 Å². The van der Waals surface area contributed by atoms with Gasteiger partial charge in [0.05, 0.1) is 5.56 Å². The molecule has 2 aromatic carbocycles. The number of ether oxygens (including phenoxy) is 1. The topological polar surface area (TPSA) is 66.4 Å². The molecular weight excluding hydrogens is 244 g/mol. The third-order valence-electron chi connectivity index (χ3n) is 2.64. The molecule has 0 saturated carbocycles. The van der Waals surface area contributed by atoms with E-state index in [1.165, 1.54) is 6.07 Å². The van der Waals surface area contributed by atoms with Crippen LogP contribution in [0.25, 0.3) is 0 Å². The summed E-state index contributed by atoms with van der Waals surface area (Å²) in [6, 6.07) is 13.5. The number of carboxylic acids is 1. The van der Waals surface area contributed by atoms with E-state index in [1.54, 1.807) is 42.5 Å². The van der Waals surface area contributed by atoms with Crippen LogP contribution in [0.15, 0.2) is 48.5 Å². The Morgan fingerprint density at radius 2 is 1.79 bits per heavy atom. The zero-order chi connectivity index (χ0) is 13.7. The summed E-state index contributed by atoms with van der Waals surface area (Å²) in [5.74, 6) is -0.357. The summed E-state index contributed by atoms with van der Waals surface area (Å²) in [7, 11) is 0. The van der Waals surface area contributed by atoms with Crippen LogP contribution in [0, 0.1) is 0 Å². The van der Waals surface area contributed by atoms with Gasteiger partial charge in [0, 0.05) is 0 Å². The minimum absolute atomic E-state index is 0.231. The fraction of sp³-hybridized carbons (Fsp3) is 0.133. The summed E-state index contributed by atoms with van der Waals surface area (Å²) in [4.78, 5) is 10.8. The molecule has 0 aliphatic heterocycles. The van der Waals surface area contributed by atoms with Crippen molar-refractivity contribution in [3.8, 4) is 5.75 Å². The van der Waals surface area contributed by atoms with Crippen molar-refractivity contribution < 1.29 is 19.7 Å². The van der Waals surface area contributed by atoms with Crippen molar-refractivity contribution in [2.24, 2.45) is 0 Å². The molecule has 0 atom stereocenters. The zero-order valence-electron chi connectivity index (χ0n) is 10.2. The molecule has 0 amide bonds. The van der Waals surface area contributed by atoms with Gasteiger partial charge in [0.25, 0.3) is 0 Å². The molecule has 0 bridgehead atoms. The van der Waals surface area contributed by atoms with Crippen molar-refractivity contribution >= 4 is 5.97 Å². The lowest BCUT2D eigenvalue weighted by Gasteiger charge is -2.07. The highest BCUT2D eigenvalue weighted by Crippen LogP contribution is 2.15. The maximum Gasteiger partial charge on any atom is 0.335 e. The molecule has 0 aliphatic carbocycles. The van der Waals surface area contributed by atoms with E-state index in [1.807, 2.05) is 0 Å². The van der Waals surface area contributed by atoms with Crippen LogP contribution in [0.2, 0.25) is 0 Å². The van der Waals surface area contributed by atoms with Gasteiger partial charge in [-0.25, -0.2) is 9.90 Å². The van der Waals surface area contributed by atoms with Crippen LogP contribution in [0.1, 0.15) is 21.5 Å². The van der Waals surface area contributed by atoms with E-state index < -0.39 is 5.97 Å². The Morgan fingerprint density at radius 3 is 2.53 bits per heavy atom. The van der Waals surface area contributed by atoms with Gasteiger partial charge in [0.15, 0.2) is 0 Å². The summed E-state index contributed by atoms with van der Waals surface area (Å²) in [6.07, 6.45) is 0. The number of hydrogen-bond donors (Lipinski definition) is 1. The van der Waals surface area contributed by atoms with Crippen LogP contribution >= 0.6 is 0 Å². The lowest BCUT2D eigenvalue weighted by atomic mass is 10.1. The molecule has 0 heterocycles. The van der Waals surface area contributed by atoms with E-state index in [4.69, 9.17) is 9.84 Å². The van der Waals surface area contributed by atoms with Crippen molar-refractivity contribution in [3.63, 3.8) is 0 Å². The standard InChI is InChI=1S/C15H13O4/c16-9-11-3-2-6-14(8-11)19-10-12-4-1-5-13(7-12)15(17)18/h1-8H,9-10H2,(H,17,18). The van der Waals surface area contributed by atoms with Crippen LogP contribution in [0.3, 0.4) is 0 Å². The molecular formula is C15H13O4. The Morgan fingerprint density at radius 1 is 1.05 bits per heavy atom. The van der Waals surface area contributed by atoms with E-state index >= 15 is 0 Å². The van der Waals surface area contributed by atoms with E-state index in [0.29, 0.717) is 11.3 Å². The molecule has 1 N–H and O–H groups in total. The quantitative estimate of drug-likeness (QED) is 0.895. The summed E-state index contributed by atoms with van der Waals surface area (Å²) < 4.78 is 5.54. The first-order valence-electron chi connectivity index (χ1n) is 5.81. The molecule has 0 aliphatic rings. The van der Waals surface area contributed by atoms with E-state index in [0.717, 1.165) is 5.56 Å². The van der Waals surface area contributed by atoms with Crippen molar-refractivity contribution in [1.29, 1.82) is 0 Å². The normalized spacial score (nSPS) is 10.2. The van der Waals surface area contributed by atoms with Crippen molar-refractivity contribution in [1.82, 2.24) is 0 Å². The van der Waals surface area contributed by atoms with Gasteiger partial charge >= 0.3 is 5.97 Å². The van der Waals surface area contributed by atoms with Gasteiger partial charge < -0.3 is 9.84 Å². The highest BCUT2D eigenvalue weighted by atomic mass is 16.5. The second-order valence-electron chi connectivity index (χ2n) is 4.09. The van der Waals surface area contributed by atoms with Gasteiger partial charge in [-0.2, -0.15) is 0 Å². The minimum atomic E-state index is -0.963. The number of carbonyl (C=O) groups is 1. The van der Waals surface area contributed by atoms with Crippen LogP contribution < -0.4 is 4.74 Å². The lowest BCUT2D eigenvalue weighted by molar-refractivity contribution is 0.0696. The Hall–Kier alpha value is -2.33. The lowest BCUT2D eigenvalue weighted by Crippen LogP contribution is -2.00. The Labute approximate surface area is 110 Å².